The standard InChI is InChI=1S/C12H9N7O4/c20-18(21)8-5-7-10(15-6-14-7)12(19(22)23)11(8)17-16-9-3-1-2-4-13-9/h1-6,17H,(H,13,16)(H,14,15). The zero-order chi connectivity index (χ0) is 16.4. The summed E-state index contributed by atoms with van der Waals surface area (Å²) in [5.74, 6) is 0.346. The molecule has 0 atom stereocenters. The molecule has 116 valence electrons. The second kappa shape index (κ2) is 5.55. The summed E-state index contributed by atoms with van der Waals surface area (Å²) in [6.45, 7) is 0. The van der Waals surface area contributed by atoms with E-state index in [-0.39, 0.29) is 16.7 Å². The highest BCUT2D eigenvalue weighted by atomic mass is 16.6. The number of hydrazine groups is 1. The summed E-state index contributed by atoms with van der Waals surface area (Å²) >= 11 is 0. The number of hydrogen-bond donors (Lipinski definition) is 3. The van der Waals surface area contributed by atoms with Crippen molar-refractivity contribution in [1.29, 1.82) is 0 Å². The van der Waals surface area contributed by atoms with Gasteiger partial charge in [-0.3, -0.25) is 31.1 Å². The van der Waals surface area contributed by atoms with Crippen LogP contribution in [0.15, 0.2) is 36.8 Å². The van der Waals surface area contributed by atoms with Gasteiger partial charge in [-0.1, -0.05) is 6.07 Å². The monoisotopic (exact) mass is 315 g/mol. The molecule has 11 nitrogen and oxygen atoms in total. The Hall–Kier alpha value is -3.76. The molecular formula is C12H9N7O4. The molecule has 0 aliphatic carbocycles. The summed E-state index contributed by atoms with van der Waals surface area (Å²) in [5, 5.41) is 22.6. The van der Waals surface area contributed by atoms with Crippen LogP contribution in [0.25, 0.3) is 11.0 Å². The summed E-state index contributed by atoms with van der Waals surface area (Å²) in [6.07, 6.45) is 2.74. The first-order valence-electron chi connectivity index (χ1n) is 6.30. The minimum Gasteiger partial charge on any atom is -0.344 e. The molecule has 0 unspecified atom stereocenters. The zero-order valence-corrected chi connectivity index (χ0v) is 11.4. The van der Waals surface area contributed by atoms with E-state index in [0.29, 0.717) is 5.82 Å². The number of nitrogens with one attached hydrogen (secondary N) is 3. The molecule has 0 radical (unpaired) electrons. The molecule has 3 aromatic rings. The van der Waals surface area contributed by atoms with Crippen LogP contribution < -0.4 is 10.9 Å². The number of benzene rings is 1. The Labute approximate surface area is 127 Å². The quantitative estimate of drug-likeness (QED) is 0.478. The summed E-state index contributed by atoms with van der Waals surface area (Å²) < 4.78 is 0. The lowest BCUT2D eigenvalue weighted by atomic mass is 10.2. The molecule has 0 spiro atoms. The van der Waals surface area contributed by atoms with Gasteiger partial charge in [0.2, 0.25) is 5.69 Å². The fourth-order valence-corrected chi connectivity index (χ4v) is 2.06. The number of fused-ring (bicyclic) bond motifs is 1. The Morgan fingerprint density at radius 3 is 2.57 bits per heavy atom. The van der Waals surface area contributed by atoms with Crippen LogP contribution in [0.4, 0.5) is 22.9 Å². The van der Waals surface area contributed by atoms with Crippen LogP contribution in [0, 0.1) is 20.2 Å². The highest BCUT2D eigenvalue weighted by Gasteiger charge is 2.30. The number of rotatable bonds is 5. The van der Waals surface area contributed by atoms with Crippen molar-refractivity contribution in [2.75, 3.05) is 10.9 Å². The van der Waals surface area contributed by atoms with Crippen LogP contribution in [0.2, 0.25) is 0 Å². The van der Waals surface area contributed by atoms with E-state index in [1.54, 1.807) is 18.2 Å². The van der Waals surface area contributed by atoms with E-state index in [1.807, 2.05) is 0 Å². The van der Waals surface area contributed by atoms with Crippen molar-refractivity contribution >= 4 is 33.9 Å². The number of nitrogens with zero attached hydrogens (tertiary/aromatic N) is 4. The molecule has 3 rings (SSSR count). The fourth-order valence-electron chi connectivity index (χ4n) is 2.06. The average molecular weight is 315 g/mol. The Morgan fingerprint density at radius 2 is 1.91 bits per heavy atom. The summed E-state index contributed by atoms with van der Waals surface area (Å²) in [5.41, 5.74) is 4.05. The lowest BCUT2D eigenvalue weighted by Crippen LogP contribution is -2.13. The average Bonchev–Trinajstić information content (AvgIpc) is 3.00. The van der Waals surface area contributed by atoms with Crippen molar-refractivity contribution in [1.82, 2.24) is 15.0 Å². The van der Waals surface area contributed by atoms with Gasteiger partial charge in [-0.2, -0.15) is 0 Å². The SMILES string of the molecule is O=[N+]([O-])c1cc2[nH]cnc2c([N+](=O)[O-])c1NNc1ccccn1. The smallest absolute Gasteiger partial charge is 0.328 e. The molecular weight excluding hydrogens is 306 g/mol. The van der Waals surface area contributed by atoms with Crippen molar-refractivity contribution in [3.63, 3.8) is 0 Å². The van der Waals surface area contributed by atoms with Crippen molar-refractivity contribution in [3.8, 4) is 0 Å². The molecule has 0 aliphatic heterocycles. The predicted octanol–water partition coefficient (Wildman–Crippen LogP) is 2.21. The van der Waals surface area contributed by atoms with Gasteiger partial charge in [-0.05, 0) is 12.1 Å². The topological polar surface area (TPSA) is 152 Å². The molecule has 0 amide bonds. The van der Waals surface area contributed by atoms with Crippen molar-refractivity contribution in [2.45, 2.75) is 0 Å². The van der Waals surface area contributed by atoms with Crippen LogP contribution in [0.1, 0.15) is 0 Å². The lowest BCUT2D eigenvalue weighted by Gasteiger charge is -2.09. The van der Waals surface area contributed by atoms with Crippen molar-refractivity contribution in [3.05, 3.63) is 57.0 Å². The second-order valence-corrected chi connectivity index (χ2v) is 4.40. The molecule has 1 aromatic carbocycles. The van der Waals surface area contributed by atoms with Crippen LogP contribution >= 0.6 is 0 Å². The van der Waals surface area contributed by atoms with E-state index in [4.69, 9.17) is 0 Å². The molecule has 3 N–H and O–H groups in total. The maximum Gasteiger partial charge on any atom is 0.328 e. The van der Waals surface area contributed by atoms with Gasteiger partial charge in [0.15, 0.2) is 5.52 Å². The van der Waals surface area contributed by atoms with Crippen LogP contribution in [0.3, 0.4) is 0 Å². The van der Waals surface area contributed by atoms with E-state index >= 15 is 0 Å². The summed E-state index contributed by atoms with van der Waals surface area (Å²) in [4.78, 5) is 31.6. The number of nitro groups is 2. The molecule has 2 heterocycles. The first-order chi connectivity index (χ1) is 11.1. The number of imidazole rings is 1. The molecule has 0 saturated carbocycles. The molecule has 23 heavy (non-hydrogen) atoms. The first kappa shape index (κ1) is 14.2. The van der Waals surface area contributed by atoms with E-state index in [2.05, 4.69) is 25.8 Å². The number of aromatic nitrogens is 3. The van der Waals surface area contributed by atoms with Gasteiger partial charge in [-0.15, -0.1) is 0 Å². The summed E-state index contributed by atoms with van der Waals surface area (Å²) in [7, 11) is 0. The normalized spacial score (nSPS) is 10.4. The van der Waals surface area contributed by atoms with Gasteiger partial charge in [0.05, 0.1) is 21.7 Å². The largest absolute Gasteiger partial charge is 0.344 e. The molecule has 0 aliphatic rings. The van der Waals surface area contributed by atoms with Crippen molar-refractivity contribution < 1.29 is 9.85 Å². The van der Waals surface area contributed by atoms with E-state index in [1.165, 1.54) is 18.6 Å². The third-order valence-corrected chi connectivity index (χ3v) is 3.03. The zero-order valence-electron chi connectivity index (χ0n) is 11.4. The third kappa shape index (κ3) is 2.57. The molecule has 0 fully saturated rings. The van der Waals surface area contributed by atoms with E-state index < -0.39 is 21.2 Å². The Balaban J connectivity index is 2.12. The Kier molecular flexibility index (Phi) is 3.43. The number of hydrogen-bond acceptors (Lipinski definition) is 8. The van der Waals surface area contributed by atoms with Gasteiger partial charge in [0, 0.05) is 12.3 Å². The minimum atomic E-state index is -0.724. The van der Waals surface area contributed by atoms with Gasteiger partial charge in [-0.25, -0.2) is 9.97 Å². The minimum absolute atomic E-state index is 0.0194. The van der Waals surface area contributed by atoms with Crippen LogP contribution in [-0.4, -0.2) is 24.8 Å². The molecule has 11 heteroatoms. The van der Waals surface area contributed by atoms with Crippen LogP contribution in [0.5, 0.6) is 0 Å². The lowest BCUT2D eigenvalue weighted by molar-refractivity contribution is -0.391. The molecule has 2 aromatic heterocycles. The van der Waals surface area contributed by atoms with Gasteiger partial charge in [0.25, 0.3) is 0 Å². The van der Waals surface area contributed by atoms with Crippen molar-refractivity contribution in [2.24, 2.45) is 0 Å². The first-order valence-corrected chi connectivity index (χ1v) is 6.30. The number of H-pyrrole nitrogens is 1. The number of pyridine rings is 1. The summed E-state index contributed by atoms with van der Waals surface area (Å²) in [6, 6.07) is 6.15. The molecule has 0 saturated heterocycles. The van der Waals surface area contributed by atoms with E-state index in [9.17, 15) is 20.2 Å². The van der Waals surface area contributed by atoms with Gasteiger partial charge in [0.1, 0.15) is 5.82 Å². The van der Waals surface area contributed by atoms with Crippen LogP contribution in [-0.2, 0) is 0 Å². The number of anilines is 2. The Bertz CT molecular complexity index is 893. The predicted molar refractivity (Wildman–Crippen MR) is 80.9 cm³/mol. The Morgan fingerprint density at radius 1 is 1.09 bits per heavy atom. The maximum atomic E-state index is 11.4. The third-order valence-electron chi connectivity index (χ3n) is 3.03. The van der Waals surface area contributed by atoms with E-state index in [0.717, 1.165) is 0 Å². The highest BCUT2D eigenvalue weighted by molar-refractivity contribution is 5.96. The van der Waals surface area contributed by atoms with Gasteiger partial charge < -0.3 is 4.98 Å². The highest BCUT2D eigenvalue weighted by Crippen LogP contribution is 2.39. The maximum absolute atomic E-state index is 11.4. The molecule has 0 bridgehead atoms. The fraction of sp³-hybridized carbons (Fsp3) is 0. The second-order valence-electron chi connectivity index (χ2n) is 4.40. The van der Waals surface area contributed by atoms with Gasteiger partial charge >= 0.3 is 11.4 Å². The number of nitro benzene ring substituents is 2. The number of aromatic amines is 1.